The van der Waals surface area contributed by atoms with Gasteiger partial charge in [0.05, 0.1) is 12.6 Å². The highest BCUT2D eigenvalue weighted by Crippen LogP contribution is 1.99. The van der Waals surface area contributed by atoms with Crippen molar-refractivity contribution in [2.75, 3.05) is 19.6 Å². The normalized spacial score (nSPS) is 18.2. The Morgan fingerprint density at radius 1 is 1.83 bits per heavy atom. The van der Waals surface area contributed by atoms with Crippen LogP contribution in [0.1, 0.15) is 6.92 Å². The molecule has 0 fully saturated rings. The summed E-state index contributed by atoms with van der Waals surface area (Å²) in [5, 5.41) is 9.06. The molecule has 0 bridgehead atoms. The number of aliphatic hydroxyl groups excluding tert-OH is 1. The van der Waals surface area contributed by atoms with E-state index in [1.165, 1.54) is 0 Å². The van der Waals surface area contributed by atoms with Crippen LogP contribution in [0.2, 0.25) is 0 Å². The zero-order chi connectivity index (χ0) is 8.27. The molecular formula is C6H15IN4O. The van der Waals surface area contributed by atoms with Crippen molar-refractivity contribution in [1.82, 2.24) is 10.3 Å². The minimum absolute atomic E-state index is 0. The maximum absolute atomic E-state index is 9.06. The standard InChI is InChI=1S/C6H14N4O.HI/c1-5(11)4-10-3-2-8-6(10)9-7;/h5,11H,2-4,7H2,1H3,(H,8,9);1H. The molecule has 0 saturated carbocycles. The fraction of sp³-hybridized carbons (Fsp3) is 0.833. The predicted molar refractivity (Wildman–Crippen MR) is 58.3 cm³/mol. The lowest BCUT2D eigenvalue weighted by molar-refractivity contribution is 0.162. The Bertz CT molecular complexity index is 162. The molecular weight excluding hydrogens is 271 g/mol. The third-order valence-corrected chi connectivity index (χ3v) is 1.54. The lowest BCUT2D eigenvalue weighted by Crippen LogP contribution is -2.44. The summed E-state index contributed by atoms with van der Waals surface area (Å²) in [7, 11) is 0. The van der Waals surface area contributed by atoms with Crippen molar-refractivity contribution in [3.8, 4) is 0 Å². The predicted octanol–water partition coefficient (Wildman–Crippen LogP) is -0.880. The quantitative estimate of drug-likeness (QED) is 0.350. The highest BCUT2D eigenvalue weighted by molar-refractivity contribution is 14.0. The third kappa shape index (κ3) is 3.11. The zero-order valence-corrected chi connectivity index (χ0v) is 9.36. The number of guanidine groups is 1. The maximum Gasteiger partial charge on any atom is 0.208 e. The molecule has 1 atom stereocenters. The summed E-state index contributed by atoms with van der Waals surface area (Å²) in [6.07, 6.45) is -0.341. The van der Waals surface area contributed by atoms with E-state index in [0.29, 0.717) is 12.5 Å². The van der Waals surface area contributed by atoms with E-state index in [9.17, 15) is 0 Å². The Morgan fingerprint density at radius 2 is 2.50 bits per heavy atom. The summed E-state index contributed by atoms with van der Waals surface area (Å²) in [6.45, 7) is 3.92. The molecule has 72 valence electrons. The van der Waals surface area contributed by atoms with E-state index >= 15 is 0 Å². The van der Waals surface area contributed by atoms with Crippen LogP contribution in [0.4, 0.5) is 0 Å². The van der Waals surface area contributed by atoms with Crippen molar-refractivity contribution in [2.45, 2.75) is 13.0 Å². The number of rotatable bonds is 2. The number of β-amino-alcohol motifs (C(OH)–C–C–N with tert-alkyl or cyclic N) is 1. The first-order valence-electron chi connectivity index (χ1n) is 3.68. The highest BCUT2D eigenvalue weighted by Gasteiger charge is 2.16. The van der Waals surface area contributed by atoms with Crippen molar-refractivity contribution in [1.29, 1.82) is 0 Å². The summed E-state index contributed by atoms with van der Waals surface area (Å²) < 4.78 is 0. The van der Waals surface area contributed by atoms with Crippen LogP contribution in [0, 0.1) is 0 Å². The summed E-state index contributed by atoms with van der Waals surface area (Å²) in [5.41, 5.74) is 2.48. The van der Waals surface area contributed by atoms with E-state index in [1.54, 1.807) is 6.92 Å². The molecule has 1 aliphatic rings. The van der Waals surface area contributed by atoms with Crippen molar-refractivity contribution in [3.63, 3.8) is 0 Å². The smallest absolute Gasteiger partial charge is 0.208 e. The van der Waals surface area contributed by atoms with Crippen molar-refractivity contribution in [2.24, 2.45) is 10.8 Å². The van der Waals surface area contributed by atoms with Crippen LogP contribution in [0.3, 0.4) is 0 Å². The number of aliphatic hydroxyl groups is 1. The molecule has 4 N–H and O–H groups in total. The summed E-state index contributed by atoms with van der Waals surface area (Å²) in [4.78, 5) is 6.01. The second kappa shape index (κ2) is 5.55. The van der Waals surface area contributed by atoms with Crippen LogP contribution >= 0.6 is 24.0 Å². The average Bonchev–Trinajstić information content (AvgIpc) is 2.34. The molecule has 1 unspecified atom stereocenters. The Balaban J connectivity index is 0.00000121. The van der Waals surface area contributed by atoms with Gasteiger partial charge in [0.2, 0.25) is 5.96 Å². The monoisotopic (exact) mass is 286 g/mol. The second-order valence-electron chi connectivity index (χ2n) is 2.64. The van der Waals surface area contributed by atoms with Gasteiger partial charge in [-0.1, -0.05) is 0 Å². The van der Waals surface area contributed by atoms with Gasteiger partial charge in [0.25, 0.3) is 0 Å². The lowest BCUT2D eigenvalue weighted by Gasteiger charge is -2.20. The third-order valence-electron chi connectivity index (χ3n) is 1.54. The van der Waals surface area contributed by atoms with Gasteiger partial charge in [-0.25, -0.2) is 5.84 Å². The van der Waals surface area contributed by atoms with E-state index in [-0.39, 0.29) is 30.1 Å². The molecule has 0 saturated heterocycles. The number of hydrazine groups is 1. The Morgan fingerprint density at radius 3 is 3.00 bits per heavy atom. The van der Waals surface area contributed by atoms with E-state index < -0.39 is 0 Å². The number of hydrogen-bond donors (Lipinski definition) is 3. The molecule has 1 aliphatic heterocycles. The molecule has 0 radical (unpaired) electrons. The van der Waals surface area contributed by atoms with Gasteiger partial charge in [0.15, 0.2) is 0 Å². The highest BCUT2D eigenvalue weighted by atomic mass is 127. The van der Waals surface area contributed by atoms with Crippen LogP contribution in [0.25, 0.3) is 0 Å². The van der Waals surface area contributed by atoms with E-state index in [1.807, 2.05) is 4.90 Å². The van der Waals surface area contributed by atoms with Gasteiger partial charge in [-0.2, -0.15) is 0 Å². The molecule has 0 aromatic heterocycles. The molecule has 0 aromatic carbocycles. The van der Waals surface area contributed by atoms with Crippen LogP contribution in [0.5, 0.6) is 0 Å². The topological polar surface area (TPSA) is 73.9 Å². The van der Waals surface area contributed by atoms with Gasteiger partial charge < -0.3 is 10.0 Å². The first kappa shape index (κ1) is 11.9. The lowest BCUT2D eigenvalue weighted by atomic mass is 10.4. The zero-order valence-electron chi connectivity index (χ0n) is 7.03. The van der Waals surface area contributed by atoms with Gasteiger partial charge in [0.1, 0.15) is 0 Å². The Hall–Kier alpha value is -0.0800. The maximum atomic E-state index is 9.06. The second-order valence-corrected chi connectivity index (χ2v) is 2.64. The molecule has 5 nitrogen and oxygen atoms in total. The molecule has 1 heterocycles. The van der Waals surface area contributed by atoms with Crippen molar-refractivity contribution < 1.29 is 5.11 Å². The molecule has 0 spiro atoms. The average molecular weight is 286 g/mol. The largest absolute Gasteiger partial charge is 0.392 e. The van der Waals surface area contributed by atoms with Gasteiger partial charge in [-0.3, -0.25) is 10.4 Å². The van der Waals surface area contributed by atoms with E-state index in [4.69, 9.17) is 10.9 Å². The van der Waals surface area contributed by atoms with Crippen LogP contribution < -0.4 is 11.3 Å². The summed E-state index contributed by atoms with van der Waals surface area (Å²) in [5.74, 6) is 5.87. The first-order valence-corrected chi connectivity index (χ1v) is 3.68. The minimum Gasteiger partial charge on any atom is -0.392 e. The number of aliphatic imine (C=N–C) groups is 1. The molecule has 0 amide bonds. The van der Waals surface area contributed by atoms with Gasteiger partial charge >= 0.3 is 0 Å². The molecule has 0 aromatic rings. The van der Waals surface area contributed by atoms with E-state index in [0.717, 1.165) is 13.1 Å². The van der Waals surface area contributed by atoms with Crippen molar-refractivity contribution in [3.05, 3.63) is 0 Å². The minimum atomic E-state index is -0.341. The van der Waals surface area contributed by atoms with Crippen LogP contribution in [-0.4, -0.2) is 41.7 Å². The number of nitrogens with zero attached hydrogens (tertiary/aromatic N) is 2. The molecule has 12 heavy (non-hydrogen) atoms. The fourth-order valence-corrected chi connectivity index (χ4v) is 1.12. The summed E-state index contributed by atoms with van der Waals surface area (Å²) in [6, 6.07) is 0. The fourth-order valence-electron chi connectivity index (χ4n) is 1.12. The molecule has 1 rings (SSSR count). The van der Waals surface area contributed by atoms with Crippen molar-refractivity contribution >= 4 is 29.9 Å². The van der Waals surface area contributed by atoms with Gasteiger partial charge in [-0.05, 0) is 6.92 Å². The first-order chi connectivity index (χ1) is 5.24. The number of nitrogens with one attached hydrogen (secondary N) is 1. The van der Waals surface area contributed by atoms with Crippen LogP contribution in [-0.2, 0) is 0 Å². The van der Waals surface area contributed by atoms with Gasteiger partial charge in [0, 0.05) is 13.1 Å². The summed E-state index contributed by atoms with van der Waals surface area (Å²) >= 11 is 0. The number of hydrogen-bond acceptors (Lipinski definition) is 5. The SMILES string of the molecule is CC(O)CN1CCN=C1NN.I. The number of nitrogens with two attached hydrogens (primary N) is 1. The van der Waals surface area contributed by atoms with Crippen LogP contribution in [0.15, 0.2) is 4.99 Å². The Kier molecular flexibility index (Phi) is 5.51. The Labute approximate surface area is 89.0 Å². The number of halogens is 1. The van der Waals surface area contributed by atoms with E-state index in [2.05, 4.69) is 10.4 Å². The molecule has 0 aliphatic carbocycles. The van der Waals surface area contributed by atoms with Gasteiger partial charge in [-0.15, -0.1) is 24.0 Å². The molecule has 6 heteroatoms.